The molecule has 0 bridgehead atoms. The van der Waals surface area contributed by atoms with Gasteiger partial charge in [0.1, 0.15) is 11.5 Å². The van der Waals surface area contributed by atoms with Crippen LogP contribution in [-0.2, 0) is 19.6 Å². The van der Waals surface area contributed by atoms with E-state index in [9.17, 15) is 14.0 Å². The largest absolute Gasteiger partial charge is 0.347 e. The van der Waals surface area contributed by atoms with Crippen LogP contribution in [0.5, 0.6) is 0 Å². The molecule has 0 unspecified atom stereocenters. The monoisotopic (exact) mass is 454 g/mol. The van der Waals surface area contributed by atoms with Crippen molar-refractivity contribution in [2.24, 2.45) is 0 Å². The topological polar surface area (TPSA) is 67.2 Å². The summed E-state index contributed by atoms with van der Waals surface area (Å²) in [6.07, 6.45) is 0. The number of nitrogens with zero attached hydrogens (tertiary/aromatic N) is 3. The van der Waals surface area contributed by atoms with Gasteiger partial charge in [-0.25, -0.2) is 4.39 Å². The normalized spacial score (nSPS) is 13.0. The van der Waals surface area contributed by atoms with Gasteiger partial charge in [-0.1, -0.05) is 66.7 Å². The Labute approximate surface area is 196 Å². The van der Waals surface area contributed by atoms with E-state index in [-0.39, 0.29) is 23.3 Å². The predicted molar refractivity (Wildman–Crippen MR) is 126 cm³/mol. The van der Waals surface area contributed by atoms with Crippen LogP contribution in [0.2, 0.25) is 0 Å². The first-order chi connectivity index (χ1) is 16.6. The van der Waals surface area contributed by atoms with Gasteiger partial charge < -0.3 is 10.2 Å². The number of aromatic nitrogens is 2. The zero-order valence-corrected chi connectivity index (χ0v) is 18.4. The molecule has 0 saturated heterocycles. The van der Waals surface area contributed by atoms with Gasteiger partial charge in [0, 0.05) is 25.7 Å². The Bertz CT molecular complexity index is 1330. The van der Waals surface area contributed by atoms with Crippen molar-refractivity contribution in [3.05, 3.63) is 113 Å². The number of nitrogens with one attached hydrogen (secondary N) is 1. The van der Waals surface area contributed by atoms with Gasteiger partial charge in [-0.05, 0) is 34.4 Å². The predicted octanol–water partition coefficient (Wildman–Crippen LogP) is 4.28. The lowest BCUT2D eigenvalue weighted by molar-refractivity contribution is 0.0682. The average molecular weight is 455 g/mol. The lowest BCUT2D eigenvalue weighted by Crippen LogP contribution is -2.39. The second-order valence-corrected chi connectivity index (χ2v) is 8.24. The molecule has 5 rings (SSSR count). The Morgan fingerprint density at radius 1 is 0.882 bits per heavy atom. The van der Waals surface area contributed by atoms with Crippen LogP contribution in [0.25, 0.3) is 11.1 Å². The number of carbonyl (C=O) groups excluding carboxylic acids is 2. The third-order valence-corrected chi connectivity index (χ3v) is 5.88. The molecule has 4 aromatic rings. The van der Waals surface area contributed by atoms with Gasteiger partial charge in [0.15, 0.2) is 5.69 Å². The summed E-state index contributed by atoms with van der Waals surface area (Å²) in [6, 6.07) is 25.8. The summed E-state index contributed by atoms with van der Waals surface area (Å²) >= 11 is 0. The first kappa shape index (κ1) is 21.6. The molecule has 6 nitrogen and oxygen atoms in total. The van der Waals surface area contributed by atoms with E-state index < -0.39 is 0 Å². The Hall–Kier alpha value is -4.26. The van der Waals surface area contributed by atoms with Crippen LogP contribution in [0.15, 0.2) is 84.9 Å². The van der Waals surface area contributed by atoms with E-state index in [1.54, 1.807) is 21.7 Å². The molecule has 1 aromatic heterocycles. The molecule has 0 atom stereocenters. The van der Waals surface area contributed by atoms with Crippen LogP contribution < -0.4 is 5.32 Å². The van der Waals surface area contributed by atoms with Crippen LogP contribution in [-0.4, -0.2) is 33.0 Å². The van der Waals surface area contributed by atoms with Crippen molar-refractivity contribution >= 4 is 11.8 Å². The van der Waals surface area contributed by atoms with E-state index in [0.717, 1.165) is 22.3 Å². The Morgan fingerprint density at radius 2 is 1.65 bits per heavy atom. The van der Waals surface area contributed by atoms with Gasteiger partial charge in [-0.15, -0.1) is 0 Å². The molecule has 34 heavy (non-hydrogen) atoms. The average Bonchev–Trinajstić information content (AvgIpc) is 3.31. The number of rotatable bonds is 6. The van der Waals surface area contributed by atoms with E-state index in [2.05, 4.69) is 22.5 Å². The smallest absolute Gasteiger partial charge is 0.272 e. The number of fused-ring (bicyclic) bond motifs is 1. The first-order valence-electron chi connectivity index (χ1n) is 11.1. The van der Waals surface area contributed by atoms with Gasteiger partial charge in [-0.2, -0.15) is 5.10 Å². The van der Waals surface area contributed by atoms with Crippen LogP contribution in [0.4, 0.5) is 4.39 Å². The number of halogens is 1. The highest BCUT2D eigenvalue weighted by Gasteiger charge is 2.28. The number of hydrogen-bond acceptors (Lipinski definition) is 3. The summed E-state index contributed by atoms with van der Waals surface area (Å²) in [4.78, 5) is 27.2. The molecule has 0 saturated carbocycles. The minimum atomic E-state index is -0.335. The molecular weight excluding hydrogens is 431 g/mol. The fourth-order valence-electron chi connectivity index (χ4n) is 4.07. The number of benzene rings is 3. The van der Waals surface area contributed by atoms with Crippen molar-refractivity contribution in [1.82, 2.24) is 20.0 Å². The van der Waals surface area contributed by atoms with Crippen LogP contribution in [0, 0.1) is 5.82 Å². The van der Waals surface area contributed by atoms with E-state index in [4.69, 9.17) is 0 Å². The second kappa shape index (κ2) is 9.31. The van der Waals surface area contributed by atoms with Gasteiger partial charge in [0.05, 0.1) is 6.54 Å². The summed E-state index contributed by atoms with van der Waals surface area (Å²) in [5.41, 5.74) is 4.50. The van der Waals surface area contributed by atoms with Crippen molar-refractivity contribution in [3.63, 3.8) is 0 Å². The summed E-state index contributed by atoms with van der Waals surface area (Å²) in [6.45, 7) is 1.58. The minimum absolute atomic E-state index is 0.205. The van der Waals surface area contributed by atoms with E-state index in [0.29, 0.717) is 31.9 Å². The zero-order valence-electron chi connectivity index (χ0n) is 18.4. The molecule has 0 fully saturated rings. The molecule has 0 spiro atoms. The highest BCUT2D eigenvalue weighted by molar-refractivity contribution is 5.98. The maximum atomic E-state index is 13.5. The van der Waals surface area contributed by atoms with Crippen molar-refractivity contribution < 1.29 is 14.0 Å². The quantitative estimate of drug-likeness (QED) is 0.473. The molecule has 1 aliphatic rings. The zero-order chi connectivity index (χ0) is 23.5. The van der Waals surface area contributed by atoms with Gasteiger partial charge >= 0.3 is 0 Å². The Morgan fingerprint density at radius 3 is 2.41 bits per heavy atom. The van der Waals surface area contributed by atoms with Crippen molar-refractivity contribution in [2.75, 3.05) is 6.54 Å². The SMILES string of the molecule is O=C(NCc1ccc(-c2ccccc2)cc1)c1cc2n(n1)CCN(Cc1cccc(F)c1)C2=O. The van der Waals surface area contributed by atoms with Crippen molar-refractivity contribution in [1.29, 1.82) is 0 Å². The molecule has 0 radical (unpaired) electrons. The maximum absolute atomic E-state index is 13.5. The third-order valence-electron chi connectivity index (χ3n) is 5.88. The summed E-state index contributed by atoms with van der Waals surface area (Å²) in [7, 11) is 0. The lowest BCUT2D eigenvalue weighted by atomic mass is 10.0. The number of carbonyl (C=O) groups is 2. The molecule has 2 amide bonds. The number of hydrogen-bond donors (Lipinski definition) is 1. The lowest BCUT2D eigenvalue weighted by Gasteiger charge is -2.27. The van der Waals surface area contributed by atoms with E-state index in [1.807, 2.05) is 42.5 Å². The fraction of sp³-hybridized carbons (Fsp3) is 0.148. The maximum Gasteiger partial charge on any atom is 0.272 e. The van der Waals surface area contributed by atoms with Crippen LogP contribution >= 0.6 is 0 Å². The molecule has 1 aliphatic heterocycles. The van der Waals surface area contributed by atoms with Gasteiger partial charge in [0.25, 0.3) is 11.8 Å². The van der Waals surface area contributed by atoms with E-state index in [1.165, 1.54) is 18.2 Å². The highest BCUT2D eigenvalue weighted by Crippen LogP contribution is 2.20. The standard InChI is InChI=1S/C27H23FN4O2/c28-23-8-4-5-20(15-23)18-31-13-14-32-25(27(31)34)16-24(30-32)26(33)29-17-19-9-11-22(12-10-19)21-6-2-1-3-7-21/h1-12,15-16H,13-14,17-18H2,(H,29,33). The summed E-state index contributed by atoms with van der Waals surface area (Å²) < 4.78 is 15.0. The van der Waals surface area contributed by atoms with Crippen molar-refractivity contribution in [3.8, 4) is 11.1 Å². The first-order valence-corrected chi connectivity index (χ1v) is 11.1. The van der Waals surface area contributed by atoms with Crippen LogP contribution in [0.3, 0.4) is 0 Å². The second-order valence-electron chi connectivity index (χ2n) is 8.24. The minimum Gasteiger partial charge on any atom is -0.347 e. The summed E-state index contributed by atoms with van der Waals surface area (Å²) in [5, 5.41) is 7.19. The molecule has 0 aliphatic carbocycles. The fourth-order valence-corrected chi connectivity index (χ4v) is 4.07. The Kier molecular flexibility index (Phi) is 5.91. The van der Waals surface area contributed by atoms with Gasteiger partial charge in [-0.3, -0.25) is 14.3 Å². The Balaban J connectivity index is 1.22. The molecule has 170 valence electrons. The van der Waals surface area contributed by atoms with Gasteiger partial charge in [0.2, 0.25) is 0 Å². The molecular formula is C27H23FN4O2. The highest BCUT2D eigenvalue weighted by atomic mass is 19.1. The molecule has 7 heteroatoms. The molecule has 3 aromatic carbocycles. The van der Waals surface area contributed by atoms with Crippen molar-refractivity contribution in [2.45, 2.75) is 19.6 Å². The molecule has 2 heterocycles. The molecule has 1 N–H and O–H groups in total. The van der Waals surface area contributed by atoms with Crippen LogP contribution in [0.1, 0.15) is 32.1 Å². The third kappa shape index (κ3) is 4.59. The van der Waals surface area contributed by atoms with E-state index >= 15 is 0 Å². The number of amides is 2. The summed E-state index contributed by atoms with van der Waals surface area (Å²) in [5.74, 6) is -0.891.